The quantitative estimate of drug-likeness (QED) is 0.798. The van der Waals surface area contributed by atoms with E-state index in [-0.39, 0.29) is 11.1 Å². The van der Waals surface area contributed by atoms with E-state index in [1.54, 1.807) is 6.26 Å². The highest BCUT2D eigenvalue weighted by Crippen LogP contribution is 2.37. The fraction of sp³-hybridized carbons (Fsp3) is 0.333. The van der Waals surface area contributed by atoms with Crippen LogP contribution in [0.25, 0.3) is 0 Å². The topological polar surface area (TPSA) is 25.2 Å². The van der Waals surface area contributed by atoms with Crippen molar-refractivity contribution in [1.29, 1.82) is 0 Å². The summed E-state index contributed by atoms with van der Waals surface area (Å²) in [4.78, 5) is 0. The molecule has 0 saturated carbocycles. The summed E-state index contributed by atoms with van der Waals surface area (Å²) in [6.45, 7) is 0. The van der Waals surface area contributed by atoms with Crippen molar-refractivity contribution in [3.63, 3.8) is 0 Å². The Bertz CT molecular complexity index is 651. The third-order valence-electron chi connectivity index (χ3n) is 3.68. The van der Waals surface area contributed by atoms with Crippen molar-refractivity contribution < 1.29 is 17.6 Å². The molecular formula is C15H13ClF3NO. The van der Waals surface area contributed by atoms with Gasteiger partial charge in [-0.2, -0.15) is 13.2 Å². The Balaban J connectivity index is 1.84. The van der Waals surface area contributed by atoms with Crippen molar-refractivity contribution in [2.45, 2.75) is 31.5 Å². The number of furan rings is 1. The average Bonchev–Trinajstić information content (AvgIpc) is 2.89. The molecule has 1 atom stereocenters. The van der Waals surface area contributed by atoms with E-state index in [4.69, 9.17) is 16.0 Å². The Morgan fingerprint density at radius 1 is 1.24 bits per heavy atom. The zero-order valence-corrected chi connectivity index (χ0v) is 11.8. The predicted molar refractivity (Wildman–Crippen MR) is 74.5 cm³/mol. The van der Waals surface area contributed by atoms with E-state index < -0.39 is 11.7 Å². The summed E-state index contributed by atoms with van der Waals surface area (Å²) in [5.41, 5.74) is 0.812. The van der Waals surface area contributed by atoms with E-state index in [9.17, 15) is 13.2 Å². The van der Waals surface area contributed by atoms with Gasteiger partial charge in [0, 0.05) is 12.0 Å². The number of hydrogen-bond donors (Lipinski definition) is 1. The Morgan fingerprint density at radius 2 is 2.05 bits per heavy atom. The first-order valence-corrected chi connectivity index (χ1v) is 7.02. The summed E-state index contributed by atoms with van der Waals surface area (Å²) in [7, 11) is 0. The molecule has 1 aromatic carbocycles. The number of fused-ring (bicyclic) bond motifs is 1. The van der Waals surface area contributed by atoms with Gasteiger partial charge in [-0.15, -0.1) is 0 Å². The molecule has 0 fully saturated rings. The molecule has 0 spiro atoms. The molecule has 1 aromatic heterocycles. The van der Waals surface area contributed by atoms with Gasteiger partial charge in [-0.1, -0.05) is 11.6 Å². The second-order valence-corrected chi connectivity index (χ2v) is 5.49. The van der Waals surface area contributed by atoms with Gasteiger partial charge in [0.2, 0.25) is 0 Å². The van der Waals surface area contributed by atoms with Crippen LogP contribution in [-0.2, 0) is 12.6 Å². The molecule has 0 radical (unpaired) electrons. The van der Waals surface area contributed by atoms with Gasteiger partial charge in [-0.25, -0.2) is 0 Å². The van der Waals surface area contributed by atoms with Crippen LogP contribution in [0.1, 0.15) is 35.8 Å². The summed E-state index contributed by atoms with van der Waals surface area (Å²) in [6.07, 6.45) is 0.00529. The fourth-order valence-electron chi connectivity index (χ4n) is 2.63. The molecule has 1 heterocycles. The molecule has 1 aliphatic rings. The molecule has 112 valence electrons. The Labute approximate surface area is 124 Å². The molecule has 0 aliphatic heterocycles. The maximum absolute atomic E-state index is 12.6. The summed E-state index contributed by atoms with van der Waals surface area (Å²) in [5, 5.41) is 3.28. The SMILES string of the molecule is FC(F)(F)c1ccc(NC2CCCc3occc32)c(Cl)c1. The molecule has 2 aromatic rings. The highest BCUT2D eigenvalue weighted by molar-refractivity contribution is 6.33. The van der Waals surface area contributed by atoms with Crippen molar-refractivity contribution in [2.24, 2.45) is 0 Å². The monoisotopic (exact) mass is 315 g/mol. The van der Waals surface area contributed by atoms with Crippen LogP contribution >= 0.6 is 11.6 Å². The lowest BCUT2D eigenvalue weighted by molar-refractivity contribution is -0.137. The molecular weight excluding hydrogens is 303 g/mol. The van der Waals surface area contributed by atoms with Gasteiger partial charge < -0.3 is 9.73 Å². The van der Waals surface area contributed by atoms with Gasteiger partial charge in [0.1, 0.15) is 5.76 Å². The molecule has 0 amide bonds. The van der Waals surface area contributed by atoms with E-state index in [0.717, 1.165) is 42.7 Å². The zero-order chi connectivity index (χ0) is 15.0. The maximum Gasteiger partial charge on any atom is 0.416 e. The number of alkyl halides is 3. The number of rotatable bonds is 2. The summed E-state index contributed by atoms with van der Waals surface area (Å²) in [5.74, 6) is 0.932. The van der Waals surface area contributed by atoms with Crippen molar-refractivity contribution in [3.8, 4) is 0 Å². The average molecular weight is 316 g/mol. The van der Waals surface area contributed by atoms with Crippen LogP contribution in [0.2, 0.25) is 5.02 Å². The van der Waals surface area contributed by atoms with Gasteiger partial charge in [0.05, 0.1) is 28.6 Å². The lowest BCUT2D eigenvalue weighted by Gasteiger charge is -2.24. The van der Waals surface area contributed by atoms with Crippen molar-refractivity contribution in [1.82, 2.24) is 0 Å². The van der Waals surface area contributed by atoms with Gasteiger partial charge in [-0.05, 0) is 37.1 Å². The number of nitrogens with one attached hydrogen (secondary N) is 1. The Kier molecular flexibility index (Phi) is 3.61. The zero-order valence-electron chi connectivity index (χ0n) is 11.0. The minimum atomic E-state index is -4.38. The summed E-state index contributed by atoms with van der Waals surface area (Å²) < 4.78 is 43.3. The normalized spacial score (nSPS) is 18.4. The first-order chi connectivity index (χ1) is 9.95. The molecule has 1 N–H and O–H groups in total. The van der Waals surface area contributed by atoms with Crippen LogP contribution in [0.4, 0.5) is 18.9 Å². The molecule has 6 heteroatoms. The van der Waals surface area contributed by atoms with E-state index in [1.807, 2.05) is 6.07 Å². The van der Waals surface area contributed by atoms with Crippen molar-refractivity contribution in [2.75, 3.05) is 5.32 Å². The summed E-state index contributed by atoms with van der Waals surface area (Å²) >= 11 is 5.97. The number of benzene rings is 1. The van der Waals surface area contributed by atoms with Gasteiger partial charge in [-0.3, -0.25) is 0 Å². The van der Waals surface area contributed by atoms with Crippen LogP contribution < -0.4 is 5.32 Å². The highest BCUT2D eigenvalue weighted by Gasteiger charge is 2.31. The number of anilines is 1. The lowest BCUT2D eigenvalue weighted by atomic mass is 9.93. The minimum absolute atomic E-state index is 0.0155. The Morgan fingerprint density at radius 3 is 2.76 bits per heavy atom. The molecule has 21 heavy (non-hydrogen) atoms. The standard InChI is InChI=1S/C15H13ClF3NO/c16-11-8-9(15(17,18)19)4-5-13(11)20-12-2-1-3-14-10(12)6-7-21-14/h4-8,12,20H,1-3H2. The van der Waals surface area contributed by atoms with E-state index in [1.165, 1.54) is 6.07 Å². The van der Waals surface area contributed by atoms with Gasteiger partial charge >= 0.3 is 6.18 Å². The second-order valence-electron chi connectivity index (χ2n) is 5.08. The lowest BCUT2D eigenvalue weighted by Crippen LogP contribution is -2.16. The molecule has 0 saturated heterocycles. The van der Waals surface area contributed by atoms with E-state index in [0.29, 0.717) is 5.69 Å². The van der Waals surface area contributed by atoms with E-state index >= 15 is 0 Å². The largest absolute Gasteiger partial charge is 0.469 e. The van der Waals surface area contributed by atoms with Gasteiger partial charge in [0.25, 0.3) is 0 Å². The summed E-state index contributed by atoms with van der Waals surface area (Å²) in [6, 6.07) is 5.27. The van der Waals surface area contributed by atoms with Crippen LogP contribution in [0, 0.1) is 0 Å². The number of aryl methyl sites for hydroxylation is 1. The minimum Gasteiger partial charge on any atom is -0.469 e. The third kappa shape index (κ3) is 2.88. The van der Waals surface area contributed by atoms with E-state index in [2.05, 4.69) is 5.32 Å². The maximum atomic E-state index is 12.6. The smallest absolute Gasteiger partial charge is 0.416 e. The third-order valence-corrected chi connectivity index (χ3v) is 3.99. The van der Waals surface area contributed by atoms with Crippen LogP contribution in [0.15, 0.2) is 34.9 Å². The van der Waals surface area contributed by atoms with Crippen molar-refractivity contribution in [3.05, 3.63) is 52.4 Å². The predicted octanol–water partition coefficient (Wildman–Crippen LogP) is 5.44. The molecule has 1 unspecified atom stereocenters. The highest BCUT2D eigenvalue weighted by atomic mass is 35.5. The van der Waals surface area contributed by atoms with Crippen LogP contribution in [0.5, 0.6) is 0 Å². The molecule has 2 nitrogen and oxygen atoms in total. The Hall–Kier alpha value is -1.62. The first kappa shape index (κ1) is 14.3. The van der Waals surface area contributed by atoms with Gasteiger partial charge in [0.15, 0.2) is 0 Å². The number of halogens is 4. The fourth-order valence-corrected chi connectivity index (χ4v) is 2.87. The van der Waals surface area contributed by atoms with Crippen LogP contribution in [0.3, 0.4) is 0 Å². The molecule has 3 rings (SSSR count). The second kappa shape index (κ2) is 5.30. The van der Waals surface area contributed by atoms with Crippen molar-refractivity contribution >= 4 is 17.3 Å². The van der Waals surface area contributed by atoms with Crippen LogP contribution in [-0.4, -0.2) is 0 Å². The first-order valence-electron chi connectivity index (χ1n) is 6.64. The molecule has 1 aliphatic carbocycles. The molecule has 0 bridgehead atoms. The number of hydrogen-bond acceptors (Lipinski definition) is 2.